The zero-order valence-electron chi connectivity index (χ0n) is 9.76. The van der Waals surface area contributed by atoms with Crippen LogP contribution in [0.15, 0.2) is 0 Å². The minimum absolute atomic E-state index is 0. The molecule has 0 spiro atoms. The molecule has 0 aliphatic heterocycles. The fourth-order valence-electron chi connectivity index (χ4n) is 0.950. The summed E-state index contributed by atoms with van der Waals surface area (Å²) in [4.78, 5) is 0. The molecule has 0 unspecified atom stereocenters. The second-order valence-electron chi connectivity index (χ2n) is 4.67. The van der Waals surface area contributed by atoms with E-state index < -0.39 is 5.60 Å². The van der Waals surface area contributed by atoms with E-state index in [1.54, 1.807) is 13.8 Å². The zero-order chi connectivity index (χ0) is 10.5. The average Bonchev–Trinajstić information content (AvgIpc) is 1.82. The van der Waals surface area contributed by atoms with Gasteiger partial charge in [-0.1, -0.05) is 0 Å². The van der Waals surface area contributed by atoms with E-state index in [4.69, 9.17) is 10.5 Å². The molecule has 1 radical (unpaired) electrons. The van der Waals surface area contributed by atoms with E-state index in [9.17, 15) is 5.11 Å². The van der Waals surface area contributed by atoms with Gasteiger partial charge in [0, 0.05) is 39.3 Å². The minimum Gasteiger partial charge on any atom is -0.677 e. The fraction of sp³-hybridized carbons (Fsp3) is 1.00. The minimum atomic E-state index is -0.656. The molecule has 0 aromatic rings. The van der Waals surface area contributed by atoms with Crippen LogP contribution in [0.5, 0.6) is 0 Å². The third kappa shape index (κ3) is 11.1. The Bertz CT molecular complexity index is 144. The molecule has 4 heteroatoms. The van der Waals surface area contributed by atoms with Gasteiger partial charge in [0.25, 0.3) is 0 Å². The number of aliphatic hydroxyl groups is 1. The van der Waals surface area contributed by atoms with E-state index in [1.807, 2.05) is 13.8 Å². The van der Waals surface area contributed by atoms with Crippen LogP contribution in [0.25, 0.3) is 5.73 Å². The normalized spacial score (nSPS) is 12.4. The Morgan fingerprint density at radius 2 is 1.64 bits per heavy atom. The van der Waals surface area contributed by atoms with Gasteiger partial charge in [-0.3, -0.25) is 0 Å². The van der Waals surface area contributed by atoms with Crippen molar-refractivity contribution in [3.63, 3.8) is 0 Å². The summed E-state index contributed by atoms with van der Waals surface area (Å²) in [5.74, 6) is 0. The summed E-state index contributed by atoms with van der Waals surface area (Å²) >= 11 is 0. The predicted molar refractivity (Wildman–Crippen MR) is 54.8 cm³/mol. The van der Waals surface area contributed by atoms with Gasteiger partial charge in [-0.05, 0) is 40.5 Å². The number of nitrogens with one attached hydrogen (secondary N) is 1. The van der Waals surface area contributed by atoms with E-state index in [1.165, 1.54) is 0 Å². The van der Waals surface area contributed by atoms with Gasteiger partial charge in [-0.2, -0.15) is 0 Å². The van der Waals surface area contributed by atoms with Crippen LogP contribution in [-0.2, 0) is 37.4 Å². The van der Waals surface area contributed by atoms with Crippen LogP contribution in [0.1, 0.15) is 40.5 Å². The van der Waals surface area contributed by atoms with Gasteiger partial charge in [-0.25, -0.2) is 0 Å². The average molecular weight is 277 g/mol. The molecule has 0 aliphatic rings. The molecule has 0 saturated carbocycles. The first-order valence-corrected chi connectivity index (χ1v) is 4.78. The molecule has 0 heterocycles. The van der Waals surface area contributed by atoms with Crippen LogP contribution in [0.4, 0.5) is 0 Å². The molecule has 0 bridgehead atoms. The molecule has 0 atom stereocenters. The van der Waals surface area contributed by atoms with Crippen molar-refractivity contribution >= 4 is 0 Å². The summed E-state index contributed by atoms with van der Waals surface area (Å²) < 4.78 is 5.57. The maximum absolute atomic E-state index is 9.43. The quantitative estimate of drug-likeness (QED) is 0.810. The summed E-state index contributed by atoms with van der Waals surface area (Å²) in [6.45, 7) is 8.44. The molecule has 0 aromatic carbocycles. The Labute approximate surface area is 113 Å². The van der Waals surface area contributed by atoms with Crippen LogP contribution < -0.4 is 0 Å². The fourth-order valence-corrected chi connectivity index (χ4v) is 0.950. The molecule has 83 valence electrons. The molecule has 2 N–H and O–H groups in total. The molecule has 0 saturated heterocycles. The van der Waals surface area contributed by atoms with Crippen molar-refractivity contribution in [2.75, 3.05) is 13.2 Å². The Morgan fingerprint density at radius 3 is 2.00 bits per heavy atom. The van der Waals surface area contributed by atoms with Crippen molar-refractivity contribution in [3.05, 3.63) is 5.73 Å². The SMILES string of the molecule is CC(C)(O)CCOC(C)(C)CC[NH-].[Y]. The maximum atomic E-state index is 9.43. The van der Waals surface area contributed by atoms with E-state index in [-0.39, 0.29) is 38.3 Å². The number of hydrogen-bond acceptors (Lipinski definition) is 2. The van der Waals surface area contributed by atoms with Gasteiger partial charge in [0.15, 0.2) is 0 Å². The van der Waals surface area contributed by atoms with E-state index in [0.717, 1.165) is 6.42 Å². The molecular weight excluding hydrogens is 255 g/mol. The van der Waals surface area contributed by atoms with Crippen LogP contribution in [0.3, 0.4) is 0 Å². The zero-order valence-corrected chi connectivity index (χ0v) is 12.6. The molecule has 3 nitrogen and oxygen atoms in total. The van der Waals surface area contributed by atoms with Crippen molar-refractivity contribution in [3.8, 4) is 0 Å². The second-order valence-corrected chi connectivity index (χ2v) is 4.67. The molecule has 0 fully saturated rings. The third-order valence-corrected chi connectivity index (χ3v) is 1.93. The van der Waals surface area contributed by atoms with Crippen LogP contribution in [0, 0.1) is 0 Å². The summed E-state index contributed by atoms with van der Waals surface area (Å²) in [5, 5.41) is 9.43. The molecule has 0 rings (SSSR count). The van der Waals surface area contributed by atoms with Crippen molar-refractivity contribution < 1.29 is 42.6 Å². The van der Waals surface area contributed by atoms with Crippen molar-refractivity contribution in [1.82, 2.24) is 0 Å². The van der Waals surface area contributed by atoms with Gasteiger partial charge < -0.3 is 15.6 Å². The number of hydrogen-bond donors (Lipinski definition) is 1. The molecular formula is C10H22NO2Y-. The van der Waals surface area contributed by atoms with Crippen LogP contribution in [-0.4, -0.2) is 29.5 Å². The summed E-state index contributed by atoms with van der Waals surface area (Å²) in [6, 6.07) is 0. The first-order chi connectivity index (χ1) is 5.77. The van der Waals surface area contributed by atoms with E-state index in [2.05, 4.69) is 0 Å². The van der Waals surface area contributed by atoms with Gasteiger partial charge in [0.1, 0.15) is 0 Å². The standard InChI is InChI=1S/C10H22NO2.Y/c1-9(2,12)6-8-13-10(3,4)5-7-11;/h11-12H,5-8H2,1-4H3;/q-1;. The molecule has 0 aromatic heterocycles. The summed E-state index contributed by atoms with van der Waals surface area (Å²) in [6.07, 6.45) is 1.37. The van der Waals surface area contributed by atoms with E-state index in [0.29, 0.717) is 19.6 Å². The topological polar surface area (TPSA) is 53.3 Å². The van der Waals surface area contributed by atoms with Gasteiger partial charge in [0.05, 0.1) is 11.2 Å². The van der Waals surface area contributed by atoms with Gasteiger partial charge in [0.2, 0.25) is 0 Å². The van der Waals surface area contributed by atoms with Crippen molar-refractivity contribution in [1.29, 1.82) is 0 Å². The summed E-state index contributed by atoms with van der Waals surface area (Å²) in [7, 11) is 0. The Hall–Kier alpha value is 0.984. The predicted octanol–water partition coefficient (Wildman–Crippen LogP) is 2.38. The molecule has 0 aliphatic carbocycles. The van der Waals surface area contributed by atoms with Gasteiger partial charge in [-0.15, -0.1) is 6.54 Å². The van der Waals surface area contributed by atoms with Crippen molar-refractivity contribution in [2.24, 2.45) is 0 Å². The second kappa shape index (κ2) is 7.29. The maximum Gasteiger partial charge on any atom is 0.0613 e. The van der Waals surface area contributed by atoms with E-state index >= 15 is 0 Å². The monoisotopic (exact) mass is 277 g/mol. The Kier molecular flexibility index (Phi) is 9.05. The van der Waals surface area contributed by atoms with Crippen molar-refractivity contribution in [2.45, 2.75) is 51.7 Å². The number of rotatable bonds is 6. The Morgan fingerprint density at radius 1 is 1.14 bits per heavy atom. The largest absolute Gasteiger partial charge is 0.677 e. The summed E-state index contributed by atoms with van der Waals surface area (Å²) in [5.41, 5.74) is 6.20. The first kappa shape index (κ1) is 17.4. The first-order valence-electron chi connectivity index (χ1n) is 4.78. The molecule has 0 amide bonds. The van der Waals surface area contributed by atoms with Gasteiger partial charge >= 0.3 is 0 Å². The van der Waals surface area contributed by atoms with Crippen LogP contribution >= 0.6 is 0 Å². The number of ether oxygens (including phenoxy) is 1. The Balaban J connectivity index is 0. The van der Waals surface area contributed by atoms with Crippen LogP contribution in [0.2, 0.25) is 0 Å². The molecule has 14 heavy (non-hydrogen) atoms. The smallest absolute Gasteiger partial charge is 0.0613 e. The third-order valence-electron chi connectivity index (χ3n) is 1.93.